The molecule has 0 aliphatic carbocycles. The molecular formula is C31H30ClN9O3. The minimum atomic E-state index is -0.0834. The Bertz CT molecular complexity index is 1870. The van der Waals surface area contributed by atoms with Gasteiger partial charge in [0, 0.05) is 56.8 Å². The van der Waals surface area contributed by atoms with E-state index in [1.807, 2.05) is 24.3 Å². The average Bonchev–Trinajstić information content (AvgIpc) is 3.51. The van der Waals surface area contributed by atoms with Crippen molar-refractivity contribution in [1.29, 1.82) is 0 Å². The molecule has 0 bridgehead atoms. The number of hydrogen-bond donors (Lipinski definition) is 1. The first kappa shape index (κ1) is 28.0. The number of hydrogen-bond acceptors (Lipinski definition) is 10. The third-order valence-corrected chi connectivity index (χ3v) is 8.04. The highest BCUT2D eigenvalue weighted by Crippen LogP contribution is 2.42. The van der Waals surface area contributed by atoms with Crippen molar-refractivity contribution < 1.29 is 14.3 Å². The SMILES string of the molecule is CN1CCN(C/C=C/C(=O)N2CCOc3c2ccc2ncnc(Nc4ccc(Oc5ccn6ncnc6c5)c(Cl)c4)c32)CC1. The Kier molecular flexibility index (Phi) is 7.69. The topological polar surface area (TPSA) is 113 Å². The molecule has 7 rings (SSSR count). The lowest BCUT2D eigenvalue weighted by Crippen LogP contribution is -2.44. The Labute approximate surface area is 258 Å². The lowest BCUT2D eigenvalue weighted by molar-refractivity contribution is -0.114. The number of nitrogens with zero attached hydrogens (tertiary/aromatic N) is 8. The van der Waals surface area contributed by atoms with E-state index in [1.165, 1.54) is 12.7 Å². The number of carbonyl (C=O) groups excluding carboxylic acids is 1. The number of piperazine rings is 1. The summed E-state index contributed by atoms with van der Waals surface area (Å²) in [5, 5.41) is 8.54. The van der Waals surface area contributed by atoms with Gasteiger partial charge in [0.1, 0.15) is 36.6 Å². The molecule has 0 atom stereocenters. The number of fused-ring (bicyclic) bond motifs is 4. The molecule has 224 valence electrons. The number of benzene rings is 2. The minimum absolute atomic E-state index is 0.0834. The highest BCUT2D eigenvalue weighted by molar-refractivity contribution is 6.32. The first-order valence-electron chi connectivity index (χ1n) is 14.3. The van der Waals surface area contributed by atoms with E-state index in [0.29, 0.717) is 69.2 Å². The molecule has 5 heterocycles. The van der Waals surface area contributed by atoms with Crippen LogP contribution in [0.5, 0.6) is 17.2 Å². The normalized spacial score (nSPS) is 15.9. The summed E-state index contributed by atoms with van der Waals surface area (Å²) in [5.41, 5.74) is 2.74. The lowest BCUT2D eigenvalue weighted by atomic mass is 10.1. The predicted octanol–water partition coefficient (Wildman–Crippen LogP) is 4.39. The van der Waals surface area contributed by atoms with Crippen LogP contribution in [0.3, 0.4) is 0 Å². The standard InChI is InChI=1S/C31H30ClN9O3/c1-38-11-13-39(14-12-38)9-2-3-28(42)40-15-16-43-30-25(40)6-5-24-29(30)31(35-19-33-24)37-21-4-7-26(23(32)17-21)44-22-8-10-41-27(18-22)34-20-36-41/h2-8,10,17-20H,9,11-16H2,1H3,(H,33,35,37)/b3-2+. The monoisotopic (exact) mass is 611 g/mol. The summed E-state index contributed by atoms with van der Waals surface area (Å²) in [4.78, 5) is 32.8. The van der Waals surface area contributed by atoms with Crippen LogP contribution in [0.25, 0.3) is 16.6 Å². The zero-order valence-electron chi connectivity index (χ0n) is 24.1. The van der Waals surface area contributed by atoms with Gasteiger partial charge in [0.25, 0.3) is 5.91 Å². The molecular weight excluding hydrogens is 582 g/mol. The Morgan fingerprint density at radius 3 is 2.80 bits per heavy atom. The van der Waals surface area contributed by atoms with E-state index in [9.17, 15) is 4.79 Å². The van der Waals surface area contributed by atoms with Crippen LogP contribution in [-0.4, -0.2) is 93.2 Å². The summed E-state index contributed by atoms with van der Waals surface area (Å²) < 4.78 is 13.8. The number of likely N-dealkylation sites (N-methyl/N-ethyl adjacent to an activating group) is 1. The summed E-state index contributed by atoms with van der Waals surface area (Å²) in [6.45, 7) is 5.63. The van der Waals surface area contributed by atoms with Gasteiger partial charge in [-0.15, -0.1) is 0 Å². The molecule has 0 unspecified atom stereocenters. The van der Waals surface area contributed by atoms with Crippen LogP contribution in [0, 0.1) is 0 Å². The van der Waals surface area contributed by atoms with Gasteiger partial charge in [-0.25, -0.2) is 19.5 Å². The molecule has 0 spiro atoms. The number of amides is 1. The van der Waals surface area contributed by atoms with E-state index in [-0.39, 0.29) is 5.91 Å². The number of halogens is 1. The molecule has 12 nitrogen and oxygen atoms in total. The number of ether oxygens (including phenoxy) is 2. The molecule has 0 radical (unpaired) electrons. The second-order valence-electron chi connectivity index (χ2n) is 10.7. The van der Waals surface area contributed by atoms with Gasteiger partial charge in [-0.05, 0) is 43.4 Å². The number of aromatic nitrogens is 5. The van der Waals surface area contributed by atoms with Gasteiger partial charge in [-0.3, -0.25) is 9.69 Å². The number of nitrogens with one attached hydrogen (secondary N) is 1. The number of rotatable bonds is 7. The smallest absolute Gasteiger partial charge is 0.250 e. The van der Waals surface area contributed by atoms with E-state index in [2.05, 4.69) is 42.2 Å². The fraction of sp³-hybridized carbons (Fsp3) is 0.258. The van der Waals surface area contributed by atoms with Crippen molar-refractivity contribution >= 4 is 51.3 Å². The highest BCUT2D eigenvalue weighted by atomic mass is 35.5. The van der Waals surface area contributed by atoms with Crippen LogP contribution >= 0.6 is 11.6 Å². The molecule has 1 amide bonds. The summed E-state index contributed by atoms with van der Waals surface area (Å²) >= 11 is 6.62. The molecule has 13 heteroatoms. The second kappa shape index (κ2) is 12.1. The van der Waals surface area contributed by atoms with Crippen LogP contribution < -0.4 is 19.7 Å². The predicted molar refractivity (Wildman–Crippen MR) is 168 cm³/mol. The van der Waals surface area contributed by atoms with Crippen molar-refractivity contribution in [3.8, 4) is 17.2 Å². The van der Waals surface area contributed by atoms with Gasteiger partial charge in [0.2, 0.25) is 0 Å². The van der Waals surface area contributed by atoms with Crippen molar-refractivity contribution in [1.82, 2.24) is 34.4 Å². The molecule has 2 aromatic carbocycles. The van der Waals surface area contributed by atoms with Crippen LogP contribution in [0.4, 0.5) is 17.2 Å². The Balaban J connectivity index is 1.11. The largest absolute Gasteiger partial charge is 0.489 e. The minimum Gasteiger partial charge on any atom is -0.489 e. The van der Waals surface area contributed by atoms with Crippen molar-refractivity contribution in [2.24, 2.45) is 0 Å². The third-order valence-electron chi connectivity index (χ3n) is 7.75. The van der Waals surface area contributed by atoms with E-state index in [1.54, 1.807) is 46.0 Å². The average molecular weight is 612 g/mol. The molecule has 3 aromatic heterocycles. The molecule has 2 aliphatic rings. The number of carbonyl (C=O) groups is 1. The van der Waals surface area contributed by atoms with Gasteiger partial charge < -0.3 is 24.6 Å². The van der Waals surface area contributed by atoms with Crippen LogP contribution in [0.1, 0.15) is 0 Å². The number of anilines is 3. The quantitative estimate of drug-likeness (QED) is 0.266. The van der Waals surface area contributed by atoms with Crippen LogP contribution in [0.15, 0.2) is 73.5 Å². The Hall–Kier alpha value is -4.78. The van der Waals surface area contributed by atoms with E-state index in [4.69, 9.17) is 21.1 Å². The van der Waals surface area contributed by atoms with Gasteiger partial charge >= 0.3 is 0 Å². The number of pyridine rings is 1. The fourth-order valence-corrected chi connectivity index (χ4v) is 5.58. The van der Waals surface area contributed by atoms with Gasteiger partial charge in [0.05, 0.1) is 28.2 Å². The molecule has 5 aromatic rings. The van der Waals surface area contributed by atoms with Crippen molar-refractivity contribution in [2.75, 3.05) is 63.1 Å². The lowest BCUT2D eigenvalue weighted by Gasteiger charge is -2.31. The van der Waals surface area contributed by atoms with Gasteiger partial charge in [0.15, 0.2) is 11.4 Å². The summed E-state index contributed by atoms with van der Waals surface area (Å²) in [5.74, 6) is 2.09. The Morgan fingerprint density at radius 2 is 1.93 bits per heavy atom. The summed E-state index contributed by atoms with van der Waals surface area (Å²) in [6.07, 6.45) is 8.35. The second-order valence-corrected chi connectivity index (χ2v) is 11.1. The van der Waals surface area contributed by atoms with Crippen LogP contribution in [-0.2, 0) is 4.79 Å². The zero-order valence-corrected chi connectivity index (χ0v) is 24.8. The van der Waals surface area contributed by atoms with Gasteiger partial charge in [-0.1, -0.05) is 17.7 Å². The molecule has 0 saturated carbocycles. The fourth-order valence-electron chi connectivity index (χ4n) is 5.36. The van der Waals surface area contributed by atoms with E-state index in [0.717, 1.165) is 32.7 Å². The van der Waals surface area contributed by atoms with E-state index >= 15 is 0 Å². The third kappa shape index (κ3) is 5.74. The van der Waals surface area contributed by atoms with Crippen molar-refractivity contribution in [3.05, 3.63) is 78.5 Å². The Morgan fingerprint density at radius 1 is 1.05 bits per heavy atom. The molecule has 1 fully saturated rings. The molecule has 1 saturated heterocycles. The first-order valence-corrected chi connectivity index (χ1v) is 14.7. The summed E-state index contributed by atoms with van der Waals surface area (Å²) in [7, 11) is 2.13. The van der Waals surface area contributed by atoms with E-state index < -0.39 is 0 Å². The maximum atomic E-state index is 13.3. The zero-order chi connectivity index (χ0) is 30.0. The highest BCUT2D eigenvalue weighted by Gasteiger charge is 2.26. The van der Waals surface area contributed by atoms with Gasteiger partial charge in [-0.2, -0.15) is 5.10 Å². The maximum Gasteiger partial charge on any atom is 0.250 e. The van der Waals surface area contributed by atoms with Crippen molar-refractivity contribution in [3.63, 3.8) is 0 Å². The first-order chi connectivity index (χ1) is 21.5. The van der Waals surface area contributed by atoms with Crippen molar-refractivity contribution in [2.45, 2.75) is 0 Å². The molecule has 2 aliphatic heterocycles. The summed E-state index contributed by atoms with van der Waals surface area (Å²) in [6, 6.07) is 12.7. The molecule has 44 heavy (non-hydrogen) atoms. The molecule has 1 N–H and O–H groups in total. The maximum absolute atomic E-state index is 13.3. The van der Waals surface area contributed by atoms with Crippen LogP contribution in [0.2, 0.25) is 5.02 Å².